The van der Waals surface area contributed by atoms with Crippen molar-refractivity contribution < 1.29 is 14.3 Å². The molecule has 5 heteroatoms. The van der Waals surface area contributed by atoms with E-state index in [0.717, 1.165) is 27.9 Å². The summed E-state index contributed by atoms with van der Waals surface area (Å²) in [5.74, 6) is 0.984. The van der Waals surface area contributed by atoms with Gasteiger partial charge in [-0.05, 0) is 61.9 Å². The van der Waals surface area contributed by atoms with Crippen molar-refractivity contribution in [2.24, 2.45) is 0 Å². The number of aryl methyl sites for hydroxylation is 1. The summed E-state index contributed by atoms with van der Waals surface area (Å²) < 4.78 is 13.0. The molecule has 3 aromatic carbocycles. The zero-order valence-electron chi connectivity index (χ0n) is 15.8. The van der Waals surface area contributed by atoms with Gasteiger partial charge >= 0.3 is 5.97 Å². The van der Waals surface area contributed by atoms with Crippen molar-refractivity contribution in [3.8, 4) is 17.3 Å². The molecule has 1 heterocycles. The molecule has 4 rings (SSSR count). The highest BCUT2D eigenvalue weighted by molar-refractivity contribution is 5.90. The van der Waals surface area contributed by atoms with Crippen LogP contribution in [-0.2, 0) is 4.74 Å². The van der Waals surface area contributed by atoms with Crippen molar-refractivity contribution in [2.45, 2.75) is 13.8 Å². The number of hydrogen-bond donors (Lipinski definition) is 0. The first-order chi connectivity index (χ1) is 13.7. The molecule has 0 unspecified atom stereocenters. The second-order valence-corrected chi connectivity index (χ2v) is 6.37. The number of carbonyl (C=O) groups excluding carboxylic acids is 1. The highest BCUT2D eigenvalue weighted by Crippen LogP contribution is 2.32. The zero-order chi connectivity index (χ0) is 19.5. The van der Waals surface area contributed by atoms with E-state index in [2.05, 4.69) is 5.10 Å². The summed E-state index contributed by atoms with van der Waals surface area (Å²) in [5, 5.41) is 5.60. The predicted molar refractivity (Wildman–Crippen MR) is 108 cm³/mol. The lowest BCUT2D eigenvalue weighted by molar-refractivity contribution is 0.0526. The average Bonchev–Trinajstić information content (AvgIpc) is 3.09. The number of para-hydroxylation sites is 2. The lowest BCUT2D eigenvalue weighted by atomic mass is 10.2. The fourth-order valence-electron chi connectivity index (χ4n) is 3.04. The van der Waals surface area contributed by atoms with Crippen LogP contribution in [0.5, 0.6) is 11.6 Å². The standard InChI is InChI=1S/C23H20N2O3/c1-3-27-23(26)17-12-14-18(15-13-17)25-20-10-6-5-9-19(20)22(24-25)28-21-11-7-4-8-16(21)2/h4-15H,3H2,1-2H3. The average molecular weight is 372 g/mol. The van der Waals surface area contributed by atoms with Gasteiger partial charge in [-0.25, -0.2) is 9.48 Å². The Kier molecular flexibility index (Phi) is 4.81. The third-order valence-electron chi connectivity index (χ3n) is 4.48. The van der Waals surface area contributed by atoms with E-state index in [-0.39, 0.29) is 5.97 Å². The summed E-state index contributed by atoms with van der Waals surface area (Å²) in [6, 6.07) is 22.9. The lowest BCUT2D eigenvalue weighted by Gasteiger charge is -2.06. The summed E-state index contributed by atoms with van der Waals surface area (Å²) in [5.41, 5.74) is 3.32. The molecule has 0 aliphatic rings. The Balaban J connectivity index is 1.74. The summed E-state index contributed by atoms with van der Waals surface area (Å²) >= 11 is 0. The van der Waals surface area contributed by atoms with Gasteiger partial charge in [0.25, 0.3) is 0 Å². The molecule has 5 nitrogen and oxygen atoms in total. The van der Waals surface area contributed by atoms with Crippen LogP contribution in [0.15, 0.2) is 72.8 Å². The molecule has 0 atom stereocenters. The molecular formula is C23H20N2O3. The quantitative estimate of drug-likeness (QED) is 0.446. The van der Waals surface area contributed by atoms with Gasteiger partial charge < -0.3 is 9.47 Å². The summed E-state index contributed by atoms with van der Waals surface area (Å²) in [6.07, 6.45) is 0. The van der Waals surface area contributed by atoms with Crippen LogP contribution >= 0.6 is 0 Å². The number of ether oxygens (including phenoxy) is 2. The molecule has 1 aromatic heterocycles. The van der Waals surface area contributed by atoms with Crippen LogP contribution in [0.3, 0.4) is 0 Å². The van der Waals surface area contributed by atoms with Crippen molar-refractivity contribution in [3.05, 3.63) is 83.9 Å². The van der Waals surface area contributed by atoms with Gasteiger partial charge in [-0.1, -0.05) is 30.3 Å². The number of esters is 1. The van der Waals surface area contributed by atoms with E-state index < -0.39 is 0 Å². The van der Waals surface area contributed by atoms with E-state index in [1.807, 2.05) is 72.3 Å². The van der Waals surface area contributed by atoms with E-state index in [9.17, 15) is 4.79 Å². The van der Waals surface area contributed by atoms with Gasteiger partial charge in [0, 0.05) is 0 Å². The summed E-state index contributed by atoms with van der Waals surface area (Å²) in [4.78, 5) is 11.9. The lowest BCUT2D eigenvalue weighted by Crippen LogP contribution is -2.05. The highest BCUT2D eigenvalue weighted by atomic mass is 16.5. The molecule has 4 aromatic rings. The normalized spacial score (nSPS) is 10.8. The van der Waals surface area contributed by atoms with Gasteiger partial charge in [-0.2, -0.15) is 0 Å². The van der Waals surface area contributed by atoms with Crippen molar-refractivity contribution in [2.75, 3.05) is 6.61 Å². The SMILES string of the molecule is CCOC(=O)c1ccc(-n2nc(Oc3ccccc3C)c3ccccc32)cc1. The largest absolute Gasteiger partial charge is 0.462 e. The number of rotatable bonds is 5. The van der Waals surface area contributed by atoms with Crippen LogP contribution in [0.1, 0.15) is 22.8 Å². The van der Waals surface area contributed by atoms with Crippen molar-refractivity contribution in [1.82, 2.24) is 9.78 Å². The first-order valence-corrected chi connectivity index (χ1v) is 9.16. The monoisotopic (exact) mass is 372 g/mol. The minimum atomic E-state index is -0.331. The maximum Gasteiger partial charge on any atom is 0.338 e. The molecule has 28 heavy (non-hydrogen) atoms. The molecular weight excluding hydrogens is 352 g/mol. The smallest absolute Gasteiger partial charge is 0.338 e. The molecule has 140 valence electrons. The fraction of sp³-hybridized carbons (Fsp3) is 0.130. The van der Waals surface area contributed by atoms with Crippen molar-refractivity contribution in [3.63, 3.8) is 0 Å². The molecule has 0 N–H and O–H groups in total. The third-order valence-corrected chi connectivity index (χ3v) is 4.48. The van der Waals surface area contributed by atoms with Crippen LogP contribution in [-0.4, -0.2) is 22.4 Å². The second-order valence-electron chi connectivity index (χ2n) is 6.37. The minimum Gasteiger partial charge on any atom is -0.462 e. The van der Waals surface area contributed by atoms with E-state index in [1.54, 1.807) is 19.1 Å². The molecule has 0 fully saturated rings. The molecule has 0 saturated carbocycles. The van der Waals surface area contributed by atoms with Gasteiger partial charge in [0.15, 0.2) is 0 Å². The number of benzene rings is 3. The Morgan fingerprint density at radius 3 is 2.43 bits per heavy atom. The first-order valence-electron chi connectivity index (χ1n) is 9.16. The van der Waals surface area contributed by atoms with Crippen molar-refractivity contribution >= 4 is 16.9 Å². The van der Waals surface area contributed by atoms with E-state index in [4.69, 9.17) is 9.47 Å². The summed E-state index contributed by atoms with van der Waals surface area (Å²) in [6.45, 7) is 4.14. The van der Waals surface area contributed by atoms with E-state index >= 15 is 0 Å². The number of aromatic nitrogens is 2. The maximum absolute atomic E-state index is 11.9. The summed E-state index contributed by atoms with van der Waals surface area (Å²) in [7, 11) is 0. The van der Waals surface area contributed by atoms with Crippen LogP contribution < -0.4 is 4.74 Å². The van der Waals surface area contributed by atoms with Gasteiger partial charge in [-0.15, -0.1) is 5.10 Å². The van der Waals surface area contributed by atoms with Crippen LogP contribution in [0.2, 0.25) is 0 Å². The third kappa shape index (κ3) is 3.34. The predicted octanol–water partition coefficient (Wildman–Crippen LogP) is 5.30. The molecule has 0 aliphatic heterocycles. The fourth-order valence-corrected chi connectivity index (χ4v) is 3.04. The van der Waals surface area contributed by atoms with Crippen LogP contribution in [0.25, 0.3) is 16.6 Å². The van der Waals surface area contributed by atoms with Crippen LogP contribution in [0, 0.1) is 6.92 Å². The van der Waals surface area contributed by atoms with Gasteiger partial charge in [0.1, 0.15) is 5.75 Å². The molecule has 0 bridgehead atoms. The van der Waals surface area contributed by atoms with Gasteiger partial charge in [0.05, 0.1) is 28.8 Å². The number of carbonyl (C=O) groups is 1. The molecule has 0 spiro atoms. The van der Waals surface area contributed by atoms with Crippen molar-refractivity contribution in [1.29, 1.82) is 0 Å². The molecule has 0 amide bonds. The number of fused-ring (bicyclic) bond motifs is 1. The van der Waals surface area contributed by atoms with E-state index in [0.29, 0.717) is 18.1 Å². The molecule has 0 radical (unpaired) electrons. The Hall–Kier alpha value is -3.60. The second kappa shape index (κ2) is 7.56. The number of hydrogen-bond acceptors (Lipinski definition) is 4. The maximum atomic E-state index is 11.9. The Bertz CT molecular complexity index is 1130. The Morgan fingerprint density at radius 2 is 1.68 bits per heavy atom. The number of nitrogens with zero attached hydrogens (tertiary/aromatic N) is 2. The highest BCUT2D eigenvalue weighted by Gasteiger charge is 2.15. The molecule has 0 aliphatic carbocycles. The van der Waals surface area contributed by atoms with Gasteiger partial charge in [-0.3, -0.25) is 0 Å². The van der Waals surface area contributed by atoms with Crippen LogP contribution in [0.4, 0.5) is 0 Å². The van der Waals surface area contributed by atoms with Gasteiger partial charge in [0.2, 0.25) is 5.88 Å². The Labute approximate surface area is 163 Å². The minimum absolute atomic E-state index is 0.331. The Morgan fingerprint density at radius 1 is 0.964 bits per heavy atom. The molecule has 0 saturated heterocycles. The topological polar surface area (TPSA) is 53.4 Å². The zero-order valence-corrected chi connectivity index (χ0v) is 15.8. The van der Waals surface area contributed by atoms with E-state index in [1.165, 1.54) is 0 Å². The first kappa shape index (κ1) is 17.8.